The van der Waals surface area contributed by atoms with Crippen molar-refractivity contribution in [3.05, 3.63) is 59.7 Å². The molecule has 3 aromatic heterocycles. The van der Waals surface area contributed by atoms with Crippen LogP contribution in [0, 0.1) is 18.6 Å². The number of halogens is 2. The lowest BCUT2D eigenvalue weighted by molar-refractivity contribution is 0.129. The molecule has 1 saturated heterocycles. The number of nitrogens with zero attached hydrogens (tertiary/aromatic N) is 7. The fraction of sp³-hybridized carbons (Fsp3) is 0.448. The van der Waals surface area contributed by atoms with Gasteiger partial charge in [0.15, 0.2) is 11.6 Å². The minimum Gasteiger partial charge on any atom is -0.326 e. The molecule has 0 bridgehead atoms. The second kappa shape index (κ2) is 10.2. The van der Waals surface area contributed by atoms with Crippen molar-refractivity contribution in [3.8, 4) is 11.3 Å². The Labute approximate surface area is 227 Å². The summed E-state index contributed by atoms with van der Waals surface area (Å²) in [7, 11) is 0. The molecule has 1 aromatic carbocycles. The van der Waals surface area contributed by atoms with Gasteiger partial charge >= 0.3 is 0 Å². The number of piperazine rings is 1. The number of imidazole rings is 1. The zero-order valence-corrected chi connectivity index (χ0v) is 22.8. The summed E-state index contributed by atoms with van der Waals surface area (Å²) in [6, 6.07) is 7.67. The zero-order chi connectivity index (χ0) is 27.3. The summed E-state index contributed by atoms with van der Waals surface area (Å²) in [5.41, 5.74) is 2.44. The maximum Gasteiger partial charge on any atom is 0.229 e. The second-order valence-electron chi connectivity index (χ2n) is 10.8. The van der Waals surface area contributed by atoms with Gasteiger partial charge in [0.05, 0.1) is 11.7 Å². The molecule has 1 saturated carbocycles. The number of benzene rings is 1. The Kier molecular flexibility index (Phi) is 6.76. The number of rotatable bonds is 7. The van der Waals surface area contributed by atoms with Gasteiger partial charge in [0.25, 0.3) is 0 Å². The van der Waals surface area contributed by atoms with Gasteiger partial charge < -0.3 is 14.8 Å². The van der Waals surface area contributed by atoms with Crippen LogP contribution >= 0.6 is 0 Å². The highest BCUT2D eigenvalue weighted by molar-refractivity contribution is 5.83. The SMILES string of the molecule is CCN1CCN(C2CC2c2ccc(Nc3ncc(F)c(-c4cc(F)c5nc(C)n(C(C)C)c5c4)n3)nc2)CC1. The van der Waals surface area contributed by atoms with E-state index in [-0.39, 0.29) is 23.2 Å². The first-order chi connectivity index (χ1) is 18.8. The van der Waals surface area contributed by atoms with Crippen LogP contribution in [0.1, 0.15) is 50.5 Å². The van der Waals surface area contributed by atoms with Crippen LogP contribution in [0.15, 0.2) is 36.7 Å². The summed E-state index contributed by atoms with van der Waals surface area (Å²) in [4.78, 5) is 22.5. The van der Waals surface area contributed by atoms with Crippen LogP contribution in [-0.4, -0.2) is 73.1 Å². The quantitative estimate of drug-likeness (QED) is 0.347. The van der Waals surface area contributed by atoms with Gasteiger partial charge in [0.2, 0.25) is 5.95 Å². The third-order valence-corrected chi connectivity index (χ3v) is 7.99. The van der Waals surface area contributed by atoms with Gasteiger partial charge in [-0.1, -0.05) is 13.0 Å². The van der Waals surface area contributed by atoms with Gasteiger partial charge in [-0.05, 0) is 57.5 Å². The van der Waals surface area contributed by atoms with Gasteiger partial charge in [-0.25, -0.2) is 28.7 Å². The van der Waals surface area contributed by atoms with Gasteiger partial charge in [0.1, 0.15) is 22.9 Å². The van der Waals surface area contributed by atoms with Crippen LogP contribution in [0.4, 0.5) is 20.5 Å². The van der Waals surface area contributed by atoms with Crippen LogP contribution < -0.4 is 5.32 Å². The molecule has 2 unspecified atom stereocenters. The third-order valence-electron chi connectivity index (χ3n) is 7.99. The fourth-order valence-corrected chi connectivity index (χ4v) is 5.85. The smallest absolute Gasteiger partial charge is 0.229 e. The standard InChI is InChI=1S/C29H34F2N8/c1-5-37-8-10-38(11-9-37)24-14-21(24)19-6-7-26(32-15-19)35-29-33-16-23(31)27(36-29)20-12-22(30)28-25(13-20)39(17(2)3)18(4)34-28/h6-7,12-13,15-17,21,24H,5,8-11,14H2,1-4H3,(H,32,33,35,36). The van der Waals surface area contributed by atoms with Gasteiger partial charge in [0, 0.05) is 55.9 Å². The number of hydrogen-bond acceptors (Lipinski definition) is 7. The Morgan fingerprint density at radius 2 is 1.79 bits per heavy atom. The second-order valence-corrected chi connectivity index (χ2v) is 10.8. The molecule has 39 heavy (non-hydrogen) atoms. The topological polar surface area (TPSA) is 75.0 Å². The Morgan fingerprint density at radius 1 is 1.00 bits per heavy atom. The van der Waals surface area contributed by atoms with Crippen LogP contribution in [0.25, 0.3) is 22.3 Å². The average molecular weight is 533 g/mol. The molecule has 0 amide bonds. The Bertz CT molecular complexity index is 1490. The first-order valence-electron chi connectivity index (χ1n) is 13.7. The maximum absolute atomic E-state index is 15.0. The molecular formula is C29H34F2N8. The van der Waals surface area contributed by atoms with E-state index in [1.165, 1.54) is 18.1 Å². The normalized spacial score (nSPS) is 20.2. The minimum atomic E-state index is -0.630. The van der Waals surface area contributed by atoms with Crippen molar-refractivity contribution < 1.29 is 8.78 Å². The summed E-state index contributed by atoms with van der Waals surface area (Å²) in [5, 5.41) is 3.07. The van der Waals surface area contributed by atoms with Crippen LogP contribution in [-0.2, 0) is 0 Å². The highest BCUT2D eigenvalue weighted by Gasteiger charge is 2.43. The number of anilines is 2. The van der Waals surface area contributed by atoms with E-state index in [0.29, 0.717) is 34.7 Å². The molecule has 2 atom stereocenters. The zero-order valence-electron chi connectivity index (χ0n) is 22.8. The van der Waals surface area contributed by atoms with E-state index in [0.717, 1.165) is 38.9 Å². The lowest BCUT2D eigenvalue weighted by Gasteiger charge is -2.34. The average Bonchev–Trinajstić information content (AvgIpc) is 3.65. The molecule has 1 aliphatic heterocycles. The summed E-state index contributed by atoms with van der Waals surface area (Å²) >= 11 is 0. The van der Waals surface area contributed by atoms with E-state index in [1.54, 1.807) is 6.07 Å². The number of pyridine rings is 1. The van der Waals surface area contributed by atoms with Crippen LogP contribution in [0.2, 0.25) is 0 Å². The number of likely N-dealkylation sites (N-methyl/N-ethyl adjacent to an activating group) is 1. The monoisotopic (exact) mass is 532 g/mol. The summed E-state index contributed by atoms with van der Waals surface area (Å²) in [5.74, 6) is 0.836. The lowest BCUT2D eigenvalue weighted by Crippen LogP contribution is -2.47. The van der Waals surface area contributed by atoms with Crippen molar-refractivity contribution in [2.45, 2.75) is 52.1 Å². The first kappa shape index (κ1) is 25.8. The Hall–Kier alpha value is -3.50. The summed E-state index contributed by atoms with van der Waals surface area (Å²) < 4.78 is 31.8. The number of nitrogens with one attached hydrogen (secondary N) is 1. The van der Waals surface area contributed by atoms with Crippen LogP contribution in [0.3, 0.4) is 0 Å². The molecule has 2 fully saturated rings. The Morgan fingerprint density at radius 3 is 2.49 bits per heavy atom. The molecule has 1 N–H and O–H groups in total. The van der Waals surface area contributed by atoms with Crippen molar-refractivity contribution in [1.29, 1.82) is 0 Å². The van der Waals surface area contributed by atoms with Crippen molar-refractivity contribution in [1.82, 2.24) is 34.3 Å². The molecule has 204 valence electrons. The van der Waals surface area contributed by atoms with E-state index in [9.17, 15) is 8.78 Å². The molecule has 0 spiro atoms. The first-order valence-corrected chi connectivity index (χ1v) is 13.7. The largest absolute Gasteiger partial charge is 0.326 e. The molecule has 1 aliphatic carbocycles. The van der Waals surface area contributed by atoms with Gasteiger partial charge in [-0.2, -0.15) is 0 Å². The molecule has 2 aliphatic rings. The predicted molar refractivity (Wildman–Crippen MR) is 148 cm³/mol. The van der Waals surface area contributed by atoms with E-state index in [1.807, 2.05) is 37.6 Å². The molecule has 0 radical (unpaired) electrons. The van der Waals surface area contributed by atoms with Crippen molar-refractivity contribution >= 4 is 22.8 Å². The fourth-order valence-electron chi connectivity index (χ4n) is 5.85. The third kappa shape index (κ3) is 4.98. The molecule has 4 heterocycles. The van der Waals surface area contributed by atoms with E-state index >= 15 is 0 Å². The molecular weight excluding hydrogens is 498 g/mol. The van der Waals surface area contributed by atoms with Gasteiger partial charge in [-0.15, -0.1) is 0 Å². The molecule has 6 rings (SSSR count). The van der Waals surface area contributed by atoms with Crippen molar-refractivity contribution in [2.24, 2.45) is 0 Å². The number of aromatic nitrogens is 5. The highest BCUT2D eigenvalue weighted by Crippen LogP contribution is 2.45. The number of aryl methyl sites for hydroxylation is 1. The number of hydrogen-bond donors (Lipinski definition) is 1. The molecule has 8 nitrogen and oxygen atoms in total. The molecule has 10 heteroatoms. The van der Waals surface area contributed by atoms with E-state index < -0.39 is 11.6 Å². The molecule has 4 aromatic rings. The Balaban J connectivity index is 1.19. The van der Waals surface area contributed by atoms with E-state index in [4.69, 9.17) is 0 Å². The van der Waals surface area contributed by atoms with E-state index in [2.05, 4.69) is 48.0 Å². The summed E-state index contributed by atoms with van der Waals surface area (Å²) in [6.45, 7) is 13.7. The summed E-state index contributed by atoms with van der Waals surface area (Å²) in [6.07, 6.45) is 4.17. The van der Waals surface area contributed by atoms with Gasteiger partial charge in [-0.3, -0.25) is 4.90 Å². The predicted octanol–water partition coefficient (Wildman–Crippen LogP) is 5.29. The van der Waals surface area contributed by atoms with Crippen LogP contribution in [0.5, 0.6) is 0 Å². The van der Waals surface area contributed by atoms with Crippen molar-refractivity contribution in [2.75, 3.05) is 38.0 Å². The van der Waals surface area contributed by atoms with Crippen molar-refractivity contribution in [3.63, 3.8) is 0 Å². The number of fused-ring (bicyclic) bond motifs is 1. The highest BCUT2D eigenvalue weighted by atomic mass is 19.1. The minimum absolute atomic E-state index is 0.0167. The lowest BCUT2D eigenvalue weighted by atomic mass is 10.1. The maximum atomic E-state index is 15.0.